The van der Waals surface area contributed by atoms with Crippen LogP contribution in [0.4, 0.5) is 8.78 Å². The Kier molecular flexibility index (Phi) is 3.35. The molecule has 0 bridgehead atoms. The first-order chi connectivity index (χ1) is 11.5. The van der Waals surface area contributed by atoms with Gasteiger partial charge < -0.3 is 9.30 Å². The molecule has 1 aliphatic rings. The Labute approximate surface area is 141 Å². The molecule has 0 N–H and O–H groups in total. The Morgan fingerprint density at radius 3 is 2.67 bits per heavy atom. The highest BCUT2D eigenvalue weighted by molar-refractivity contribution is 6.30. The van der Waals surface area contributed by atoms with Gasteiger partial charge in [0.1, 0.15) is 6.61 Å². The molecule has 0 unspecified atom stereocenters. The molecule has 3 aromatic rings. The van der Waals surface area contributed by atoms with Gasteiger partial charge in [-0.25, -0.2) is 4.39 Å². The lowest BCUT2D eigenvalue weighted by Gasteiger charge is -2.27. The molecule has 1 aliphatic heterocycles. The van der Waals surface area contributed by atoms with Gasteiger partial charge in [-0.2, -0.15) is 4.39 Å². The van der Waals surface area contributed by atoms with E-state index in [1.54, 1.807) is 35.0 Å². The zero-order valence-electron chi connectivity index (χ0n) is 12.6. The van der Waals surface area contributed by atoms with Crippen molar-refractivity contribution in [2.75, 3.05) is 6.61 Å². The van der Waals surface area contributed by atoms with Crippen LogP contribution in [0.15, 0.2) is 41.3 Å². The molecular formula is C18H12ClF2NO2. The monoisotopic (exact) mass is 347 g/mol. The minimum absolute atomic E-state index is 0.0999. The lowest BCUT2D eigenvalue weighted by molar-refractivity contribution is 0.233. The largest absolute Gasteiger partial charge is 0.486 e. The molecular weight excluding hydrogens is 336 g/mol. The van der Waals surface area contributed by atoms with E-state index in [1.165, 1.54) is 0 Å². The van der Waals surface area contributed by atoms with Gasteiger partial charge in [0, 0.05) is 16.8 Å². The van der Waals surface area contributed by atoms with Crippen molar-refractivity contribution in [3.8, 4) is 16.9 Å². The second kappa shape index (κ2) is 5.31. The second-order valence-corrected chi connectivity index (χ2v) is 6.28. The van der Waals surface area contributed by atoms with Crippen molar-refractivity contribution in [3.63, 3.8) is 0 Å². The van der Waals surface area contributed by atoms with Crippen LogP contribution in [0.1, 0.15) is 13.0 Å². The summed E-state index contributed by atoms with van der Waals surface area (Å²) in [5.74, 6) is -2.37. The summed E-state index contributed by atoms with van der Waals surface area (Å²) in [6.45, 7) is 2.09. The van der Waals surface area contributed by atoms with Gasteiger partial charge in [-0.3, -0.25) is 4.79 Å². The molecule has 0 saturated heterocycles. The predicted molar refractivity (Wildman–Crippen MR) is 88.8 cm³/mol. The van der Waals surface area contributed by atoms with Gasteiger partial charge in [-0.1, -0.05) is 23.7 Å². The third-order valence-corrected chi connectivity index (χ3v) is 4.52. The van der Waals surface area contributed by atoms with E-state index >= 15 is 0 Å². The van der Waals surface area contributed by atoms with E-state index in [1.807, 2.05) is 6.92 Å². The molecule has 4 rings (SSSR count). The molecule has 0 fully saturated rings. The van der Waals surface area contributed by atoms with Gasteiger partial charge in [-0.05, 0) is 30.7 Å². The van der Waals surface area contributed by atoms with Crippen LogP contribution in [0.25, 0.3) is 22.0 Å². The molecule has 1 atom stereocenters. The molecule has 0 spiro atoms. The van der Waals surface area contributed by atoms with Crippen LogP contribution in [0.5, 0.6) is 5.75 Å². The van der Waals surface area contributed by atoms with Crippen molar-refractivity contribution in [3.05, 3.63) is 63.4 Å². The highest BCUT2D eigenvalue weighted by atomic mass is 35.5. The number of benzene rings is 2. The average Bonchev–Trinajstić information content (AvgIpc) is 2.57. The van der Waals surface area contributed by atoms with Crippen molar-refractivity contribution in [2.45, 2.75) is 13.0 Å². The molecule has 24 heavy (non-hydrogen) atoms. The molecule has 2 heterocycles. The number of ether oxygens (including phenoxy) is 1. The smallest absolute Gasteiger partial charge is 0.202 e. The van der Waals surface area contributed by atoms with Crippen LogP contribution in [0.2, 0.25) is 5.02 Å². The quantitative estimate of drug-likeness (QED) is 0.646. The van der Waals surface area contributed by atoms with Crippen LogP contribution in [0, 0.1) is 11.6 Å². The van der Waals surface area contributed by atoms with E-state index < -0.39 is 11.6 Å². The van der Waals surface area contributed by atoms with Crippen LogP contribution in [-0.2, 0) is 0 Å². The molecule has 6 heteroatoms. The molecule has 1 aromatic heterocycles. The van der Waals surface area contributed by atoms with Crippen molar-refractivity contribution < 1.29 is 13.5 Å². The second-order valence-electron chi connectivity index (χ2n) is 5.84. The summed E-state index contributed by atoms with van der Waals surface area (Å²) in [5.41, 5.74) is 0.988. The first-order valence-corrected chi connectivity index (χ1v) is 7.80. The van der Waals surface area contributed by atoms with Crippen LogP contribution in [-0.4, -0.2) is 11.2 Å². The lowest BCUT2D eigenvalue weighted by Crippen LogP contribution is -2.25. The normalized spacial score (nSPS) is 16.2. The molecule has 122 valence electrons. The number of nitrogens with zero attached hydrogens (tertiary/aromatic N) is 1. The highest BCUT2D eigenvalue weighted by Gasteiger charge is 2.26. The first kappa shape index (κ1) is 15.1. The van der Waals surface area contributed by atoms with E-state index in [0.717, 1.165) is 6.07 Å². The molecule has 0 amide bonds. The summed E-state index contributed by atoms with van der Waals surface area (Å²) in [7, 11) is 0. The minimum Gasteiger partial charge on any atom is -0.486 e. The van der Waals surface area contributed by atoms with Gasteiger partial charge in [-0.15, -0.1) is 0 Å². The molecule has 0 saturated carbocycles. The SMILES string of the molecule is C[C@H]1COc2c(F)c(F)cc3c(=O)c(-c4ccc(Cl)cc4)cn1c23. The fourth-order valence-electron chi connectivity index (χ4n) is 3.03. The maximum absolute atomic E-state index is 14.0. The Morgan fingerprint density at radius 2 is 1.96 bits per heavy atom. The number of hydrogen-bond donors (Lipinski definition) is 0. The lowest BCUT2D eigenvalue weighted by atomic mass is 10.0. The van der Waals surface area contributed by atoms with Crippen molar-refractivity contribution in [2.24, 2.45) is 0 Å². The maximum atomic E-state index is 14.0. The van der Waals surface area contributed by atoms with Gasteiger partial charge in [0.15, 0.2) is 17.0 Å². The third kappa shape index (κ3) is 2.12. The van der Waals surface area contributed by atoms with E-state index in [-0.39, 0.29) is 34.7 Å². The zero-order chi connectivity index (χ0) is 17.0. The summed E-state index contributed by atoms with van der Waals surface area (Å²) >= 11 is 5.89. The Hall–Kier alpha value is -2.40. The fourth-order valence-corrected chi connectivity index (χ4v) is 3.15. The van der Waals surface area contributed by atoms with Gasteiger partial charge >= 0.3 is 0 Å². The van der Waals surface area contributed by atoms with E-state index in [2.05, 4.69) is 0 Å². The summed E-state index contributed by atoms with van der Waals surface area (Å²) in [6.07, 6.45) is 1.67. The number of halogens is 3. The molecule has 0 radical (unpaired) electrons. The van der Waals surface area contributed by atoms with Crippen molar-refractivity contribution in [1.82, 2.24) is 4.57 Å². The van der Waals surface area contributed by atoms with Crippen molar-refractivity contribution >= 4 is 22.5 Å². The van der Waals surface area contributed by atoms with E-state index in [9.17, 15) is 13.6 Å². The average molecular weight is 348 g/mol. The van der Waals surface area contributed by atoms with E-state index in [0.29, 0.717) is 16.1 Å². The Balaban J connectivity index is 2.12. The van der Waals surface area contributed by atoms with Crippen molar-refractivity contribution in [1.29, 1.82) is 0 Å². The number of rotatable bonds is 1. The molecule has 3 nitrogen and oxygen atoms in total. The van der Waals surface area contributed by atoms with Crippen LogP contribution < -0.4 is 10.2 Å². The Bertz CT molecular complexity index is 1030. The standard InChI is InChI=1S/C18H12ClF2NO2/c1-9-8-24-18-15(21)14(20)6-12-16(18)22(9)7-13(17(12)23)10-2-4-11(19)5-3-10/h2-7,9H,8H2,1H3/t9-/m0/s1. The summed E-state index contributed by atoms with van der Waals surface area (Å²) < 4.78 is 35.0. The summed E-state index contributed by atoms with van der Waals surface area (Å²) in [6, 6.07) is 7.64. The zero-order valence-corrected chi connectivity index (χ0v) is 13.4. The summed E-state index contributed by atoms with van der Waals surface area (Å²) in [4.78, 5) is 12.8. The third-order valence-electron chi connectivity index (χ3n) is 4.26. The van der Waals surface area contributed by atoms with Crippen LogP contribution >= 0.6 is 11.6 Å². The number of aromatic nitrogens is 1. The predicted octanol–water partition coefficient (Wildman–Crippen LogP) is 4.55. The van der Waals surface area contributed by atoms with E-state index in [4.69, 9.17) is 16.3 Å². The number of hydrogen-bond acceptors (Lipinski definition) is 2. The maximum Gasteiger partial charge on any atom is 0.202 e. The summed E-state index contributed by atoms with van der Waals surface area (Å²) in [5, 5.41) is 0.654. The van der Waals surface area contributed by atoms with Gasteiger partial charge in [0.05, 0.1) is 16.9 Å². The van der Waals surface area contributed by atoms with Crippen LogP contribution in [0.3, 0.4) is 0 Å². The minimum atomic E-state index is -1.09. The molecule has 0 aliphatic carbocycles. The number of pyridine rings is 1. The first-order valence-electron chi connectivity index (χ1n) is 7.43. The van der Waals surface area contributed by atoms with Gasteiger partial charge in [0.25, 0.3) is 0 Å². The fraction of sp³-hybridized carbons (Fsp3) is 0.167. The highest BCUT2D eigenvalue weighted by Crippen LogP contribution is 2.36. The Morgan fingerprint density at radius 1 is 1.25 bits per heavy atom. The topological polar surface area (TPSA) is 31.2 Å². The van der Waals surface area contributed by atoms with Gasteiger partial charge in [0.2, 0.25) is 5.82 Å². The molecule has 2 aromatic carbocycles.